The fourth-order valence-electron chi connectivity index (χ4n) is 6.38. The highest BCUT2D eigenvalue weighted by Crippen LogP contribution is 2.30. The predicted octanol–water partition coefficient (Wildman–Crippen LogP) is 11.6. The van der Waals surface area contributed by atoms with E-state index in [1.165, 1.54) is 0 Å². The molecule has 234 valence electrons. The fourth-order valence-corrected chi connectivity index (χ4v) is 6.38. The molecule has 0 spiro atoms. The monoisotopic (exact) mass is 638 g/mol. The van der Waals surface area contributed by atoms with Crippen molar-refractivity contribution >= 4 is 67.9 Å². The third-order valence-corrected chi connectivity index (χ3v) is 9.05. The molecule has 0 N–H and O–H groups in total. The molecule has 0 fully saturated rings. The minimum absolute atomic E-state index is 0.896. The molecule has 0 aliphatic rings. The first-order valence-corrected chi connectivity index (χ1v) is 16.7. The number of rotatable bonds is 6. The van der Waals surface area contributed by atoms with E-state index in [1.807, 2.05) is 36.4 Å². The lowest BCUT2D eigenvalue weighted by atomic mass is 10.0. The zero-order valence-electron chi connectivity index (χ0n) is 27.1. The van der Waals surface area contributed by atoms with Crippen LogP contribution in [0.1, 0.15) is 22.5 Å². The summed E-state index contributed by atoms with van der Waals surface area (Å²) in [5, 5.41) is 4.26. The summed E-state index contributed by atoms with van der Waals surface area (Å²) in [5.74, 6) is 0. The van der Waals surface area contributed by atoms with Crippen molar-refractivity contribution in [2.75, 3.05) is 0 Å². The molecule has 4 aromatic heterocycles. The van der Waals surface area contributed by atoms with Gasteiger partial charge in [-0.25, -0.2) is 19.9 Å². The maximum atomic E-state index is 5.14. The van der Waals surface area contributed by atoms with Crippen LogP contribution in [0.2, 0.25) is 0 Å². The second-order valence-electron chi connectivity index (χ2n) is 12.3. The Hall–Kier alpha value is -6.78. The lowest BCUT2D eigenvalue weighted by Gasteiger charge is -2.09. The standard InChI is InChI=1S/C46H30N4/c1-3-7-31(8-4-1)11-25-39-27-21-35-17-19-37-23-29-41(49-45(37)43(35)47-39)33-13-15-34(16-14-33)42-30-24-38-20-18-36-22-28-40(48-44(36)46(38)50-42)26-12-32-9-5-2-6-10-32/h1-30H/b25-11+,26-12?. The van der Waals surface area contributed by atoms with Crippen LogP contribution < -0.4 is 0 Å². The first-order chi connectivity index (χ1) is 24.7. The zero-order valence-corrected chi connectivity index (χ0v) is 27.1. The van der Waals surface area contributed by atoms with Crippen LogP contribution in [-0.2, 0) is 0 Å². The first kappa shape index (κ1) is 29.4. The summed E-state index contributed by atoms with van der Waals surface area (Å²) in [6.45, 7) is 0. The number of benzene rings is 5. The van der Waals surface area contributed by atoms with Crippen molar-refractivity contribution in [3.05, 3.63) is 180 Å². The maximum absolute atomic E-state index is 5.14. The predicted molar refractivity (Wildman–Crippen MR) is 209 cm³/mol. The highest BCUT2D eigenvalue weighted by atomic mass is 14.8. The Morgan fingerprint density at radius 1 is 0.280 bits per heavy atom. The Kier molecular flexibility index (Phi) is 7.45. The topological polar surface area (TPSA) is 51.6 Å². The van der Waals surface area contributed by atoms with Crippen LogP contribution in [0.5, 0.6) is 0 Å². The maximum Gasteiger partial charge on any atom is 0.0972 e. The third kappa shape index (κ3) is 5.80. The second kappa shape index (κ2) is 12.7. The van der Waals surface area contributed by atoms with Gasteiger partial charge in [0.15, 0.2) is 0 Å². The Morgan fingerprint density at radius 2 is 0.620 bits per heavy atom. The Morgan fingerprint density at radius 3 is 1.02 bits per heavy atom. The van der Waals surface area contributed by atoms with Crippen molar-refractivity contribution < 1.29 is 0 Å². The average Bonchev–Trinajstić information content (AvgIpc) is 3.19. The van der Waals surface area contributed by atoms with E-state index in [-0.39, 0.29) is 0 Å². The summed E-state index contributed by atoms with van der Waals surface area (Å²) in [6, 6.07) is 54.3. The third-order valence-electron chi connectivity index (χ3n) is 9.05. The molecular formula is C46H30N4. The van der Waals surface area contributed by atoms with E-state index in [0.29, 0.717) is 0 Å². The molecule has 0 bridgehead atoms. The average molecular weight is 639 g/mol. The van der Waals surface area contributed by atoms with Crippen molar-refractivity contribution in [2.45, 2.75) is 0 Å². The number of fused-ring (bicyclic) bond motifs is 6. The van der Waals surface area contributed by atoms with Gasteiger partial charge in [0.2, 0.25) is 0 Å². The van der Waals surface area contributed by atoms with Crippen LogP contribution in [0.3, 0.4) is 0 Å². The van der Waals surface area contributed by atoms with Crippen LogP contribution >= 0.6 is 0 Å². The normalized spacial score (nSPS) is 11.8. The lowest BCUT2D eigenvalue weighted by Crippen LogP contribution is -1.92. The zero-order chi connectivity index (χ0) is 33.3. The number of aromatic nitrogens is 4. The summed E-state index contributed by atoms with van der Waals surface area (Å²) >= 11 is 0. The van der Waals surface area contributed by atoms with Gasteiger partial charge in [-0.1, -0.05) is 146 Å². The highest BCUT2D eigenvalue weighted by Gasteiger charge is 2.10. The summed E-state index contributed by atoms with van der Waals surface area (Å²) in [5.41, 5.74) is 11.6. The van der Waals surface area contributed by atoms with Crippen molar-refractivity contribution in [3.63, 3.8) is 0 Å². The molecule has 0 amide bonds. The van der Waals surface area contributed by atoms with Gasteiger partial charge in [-0.2, -0.15) is 0 Å². The molecule has 9 rings (SSSR count). The molecule has 4 heterocycles. The summed E-state index contributed by atoms with van der Waals surface area (Å²) in [6.07, 6.45) is 8.28. The van der Waals surface area contributed by atoms with Gasteiger partial charge in [0, 0.05) is 32.7 Å². The summed E-state index contributed by atoms with van der Waals surface area (Å²) in [7, 11) is 0. The quantitative estimate of drug-likeness (QED) is 0.170. The van der Waals surface area contributed by atoms with Gasteiger partial charge in [-0.3, -0.25) is 0 Å². The molecule has 0 unspecified atom stereocenters. The summed E-state index contributed by atoms with van der Waals surface area (Å²) < 4.78 is 0. The molecule has 0 aliphatic carbocycles. The molecule has 5 aromatic carbocycles. The number of hydrogen-bond donors (Lipinski definition) is 0. The minimum atomic E-state index is 0.896. The molecule has 0 saturated heterocycles. The van der Waals surface area contributed by atoms with Gasteiger partial charge in [0.1, 0.15) is 0 Å². The smallest absolute Gasteiger partial charge is 0.0972 e. The van der Waals surface area contributed by atoms with Crippen LogP contribution in [0.4, 0.5) is 0 Å². The van der Waals surface area contributed by atoms with Gasteiger partial charge in [0.25, 0.3) is 0 Å². The van der Waals surface area contributed by atoms with Crippen LogP contribution in [0.15, 0.2) is 158 Å². The first-order valence-electron chi connectivity index (χ1n) is 16.7. The van der Waals surface area contributed by atoms with Crippen LogP contribution in [-0.4, -0.2) is 19.9 Å². The molecule has 0 radical (unpaired) electrons. The fraction of sp³-hybridized carbons (Fsp3) is 0. The highest BCUT2D eigenvalue weighted by molar-refractivity contribution is 6.05. The van der Waals surface area contributed by atoms with Gasteiger partial charge in [0.05, 0.1) is 44.8 Å². The van der Waals surface area contributed by atoms with Crippen molar-refractivity contribution in [1.29, 1.82) is 0 Å². The van der Waals surface area contributed by atoms with Gasteiger partial charge in [-0.05, 0) is 47.5 Å². The Labute approximate surface area is 289 Å². The molecule has 0 atom stereocenters. The van der Waals surface area contributed by atoms with E-state index >= 15 is 0 Å². The molecule has 50 heavy (non-hydrogen) atoms. The summed E-state index contributed by atoms with van der Waals surface area (Å²) in [4.78, 5) is 20.3. The number of nitrogens with zero attached hydrogens (tertiary/aromatic N) is 4. The molecular weight excluding hydrogens is 609 g/mol. The van der Waals surface area contributed by atoms with Crippen LogP contribution in [0, 0.1) is 0 Å². The Bertz CT molecular complexity index is 2540. The molecule has 4 heteroatoms. The number of hydrogen-bond acceptors (Lipinski definition) is 4. The van der Waals surface area contributed by atoms with E-state index in [0.717, 1.165) is 88.6 Å². The van der Waals surface area contributed by atoms with E-state index in [2.05, 4.69) is 146 Å². The van der Waals surface area contributed by atoms with Gasteiger partial charge in [-0.15, -0.1) is 0 Å². The van der Waals surface area contributed by atoms with Gasteiger partial charge < -0.3 is 0 Å². The van der Waals surface area contributed by atoms with E-state index in [4.69, 9.17) is 19.9 Å². The van der Waals surface area contributed by atoms with E-state index < -0.39 is 0 Å². The minimum Gasteiger partial charge on any atom is -0.246 e. The Balaban J connectivity index is 1.04. The van der Waals surface area contributed by atoms with Crippen molar-refractivity contribution in [2.24, 2.45) is 0 Å². The van der Waals surface area contributed by atoms with Crippen molar-refractivity contribution in [3.8, 4) is 22.5 Å². The largest absolute Gasteiger partial charge is 0.246 e. The van der Waals surface area contributed by atoms with E-state index in [9.17, 15) is 0 Å². The van der Waals surface area contributed by atoms with Crippen LogP contribution in [0.25, 0.3) is 90.4 Å². The van der Waals surface area contributed by atoms with E-state index in [1.54, 1.807) is 0 Å². The molecule has 0 saturated carbocycles. The SMILES string of the molecule is C(=Cc1ccc2ccc3ccc(-c4ccc(-c5ccc6ccc7ccc(/C=C/c8ccccc8)nc7c6n5)cc4)nc3c2n1)c1ccccc1. The number of pyridine rings is 4. The van der Waals surface area contributed by atoms with Gasteiger partial charge >= 0.3 is 0 Å². The van der Waals surface area contributed by atoms with Crippen molar-refractivity contribution in [1.82, 2.24) is 19.9 Å². The molecule has 0 aliphatic heterocycles. The molecule has 4 nitrogen and oxygen atoms in total. The molecule has 9 aromatic rings. The second-order valence-corrected chi connectivity index (χ2v) is 12.3. The lowest BCUT2D eigenvalue weighted by molar-refractivity contribution is 1.34.